The van der Waals surface area contributed by atoms with Crippen LogP contribution in [0.15, 0.2) is 24.5 Å². The minimum absolute atomic E-state index is 0.0282. The molecule has 9 heteroatoms. The maximum Gasteiger partial charge on any atom is 0.305 e. The molecule has 2 atom stereocenters. The molecule has 53 heavy (non-hydrogen) atoms. The van der Waals surface area contributed by atoms with Crippen molar-refractivity contribution in [2.75, 3.05) is 47.5 Å². The lowest BCUT2D eigenvalue weighted by molar-refractivity contribution is -0.870. The minimum atomic E-state index is -4.51. The van der Waals surface area contributed by atoms with Crippen molar-refractivity contribution >= 4 is 13.8 Å². The highest BCUT2D eigenvalue weighted by molar-refractivity contribution is 7.45. The molecule has 0 spiro atoms. The summed E-state index contributed by atoms with van der Waals surface area (Å²) >= 11 is 0. The lowest BCUT2D eigenvalue weighted by Crippen LogP contribution is -2.37. The average Bonchev–Trinajstić information content (AvgIpc) is 3.11. The molecule has 0 aromatic heterocycles. The largest absolute Gasteiger partial charge is 0.756 e. The van der Waals surface area contributed by atoms with Gasteiger partial charge in [-0.3, -0.25) is 9.36 Å². The SMILES string of the molecule is CCCCCCCC/C=C\CCCCCCCCCC(=O)OCC(COP(=O)([O-])OCC[N+](C)(C)C)O/C=C\CCCCCCCCCCCCCC. The predicted molar refractivity (Wildman–Crippen MR) is 222 cm³/mol. The first-order valence-corrected chi connectivity index (χ1v) is 23.6. The van der Waals surface area contributed by atoms with Crippen molar-refractivity contribution in [3.8, 4) is 0 Å². The van der Waals surface area contributed by atoms with Crippen LogP contribution in [-0.2, 0) is 27.9 Å². The van der Waals surface area contributed by atoms with E-state index in [1.807, 2.05) is 27.2 Å². The Balaban J connectivity index is 4.25. The fourth-order valence-electron chi connectivity index (χ4n) is 6.05. The van der Waals surface area contributed by atoms with E-state index in [-0.39, 0.29) is 25.8 Å². The van der Waals surface area contributed by atoms with E-state index in [0.29, 0.717) is 17.4 Å². The Morgan fingerprint density at radius 1 is 0.585 bits per heavy atom. The molecule has 0 aliphatic carbocycles. The molecule has 0 aliphatic rings. The summed E-state index contributed by atoms with van der Waals surface area (Å²) in [6.07, 6.45) is 42.9. The summed E-state index contributed by atoms with van der Waals surface area (Å²) in [7, 11) is 1.37. The van der Waals surface area contributed by atoms with Crippen LogP contribution in [0.5, 0.6) is 0 Å². The third kappa shape index (κ3) is 41.8. The normalized spacial score (nSPS) is 13.9. The highest BCUT2D eigenvalue weighted by atomic mass is 31.2. The van der Waals surface area contributed by atoms with Gasteiger partial charge in [-0.05, 0) is 51.0 Å². The van der Waals surface area contributed by atoms with Gasteiger partial charge in [0.1, 0.15) is 19.8 Å². The standard InChI is InChI=1S/C44H86NO7P/c1-6-8-10-12-14-16-18-20-22-23-24-25-27-29-31-33-35-37-44(46)50-41-43(42-52-53(47,48)51-40-38-45(3,4)5)49-39-36-34-32-30-28-26-21-19-17-15-13-11-9-7-2/h20,22,36,39,43H,6-19,21,23-35,37-38,40-42H2,1-5H3/b22-20-,39-36-. The number of carbonyl (C=O) groups is 1. The summed E-state index contributed by atoms with van der Waals surface area (Å²) in [5.74, 6) is -0.295. The van der Waals surface area contributed by atoms with Crippen molar-refractivity contribution < 1.29 is 37.3 Å². The Hall–Kier alpha value is -1.18. The summed E-state index contributed by atoms with van der Waals surface area (Å²) in [5, 5.41) is 0. The monoisotopic (exact) mass is 772 g/mol. The maximum atomic E-state index is 12.5. The fraction of sp³-hybridized carbons (Fsp3) is 0.886. The molecule has 0 aromatic carbocycles. The molecule has 314 valence electrons. The van der Waals surface area contributed by atoms with Crippen LogP contribution in [0.3, 0.4) is 0 Å². The number of phosphoric acid groups is 1. The van der Waals surface area contributed by atoms with Crippen molar-refractivity contribution in [2.45, 2.75) is 206 Å². The first kappa shape index (κ1) is 51.8. The summed E-state index contributed by atoms with van der Waals surface area (Å²) in [6.45, 7) is 4.72. The smallest absolute Gasteiger partial charge is 0.305 e. The summed E-state index contributed by atoms with van der Waals surface area (Å²) in [6, 6.07) is 0. The molecule has 0 amide bonds. The molecule has 0 heterocycles. The first-order valence-electron chi connectivity index (χ1n) is 22.1. The number of hydrogen-bond acceptors (Lipinski definition) is 7. The van der Waals surface area contributed by atoms with E-state index in [4.69, 9.17) is 18.5 Å². The molecule has 0 bridgehead atoms. The van der Waals surface area contributed by atoms with Crippen molar-refractivity contribution in [3.05, 3.63) is 24.5 Å². The quantitative estimate of drug-likeness (QED) is 0.0152. The summed E-state index contributed by atoms with van der Waals surface area (Å²) in [5.41, 5.74) is 0. The van der Waals surface area contributed by atoms with Crippen molar-refractivity contribution in [1.82, 2.24) is 0 Å². The number of hydrogen-bond donors (Lipinski definition) is 0. The van der Waals surface area contributed by atoms with Gasteiger partial charge in [0.25, 0.3) is 7.82 Å². The number of unbranched alkanes of at least 4 members (excludes halogenated alkanes) is 25. The van der Waals surface area contributed by atoms with Gasteiger partial charge < -0.3 is 27.9 Å². The van der Waals surface area contributed by atoms with Crippen LogP contribution in [0.1, 0.15) is 200 Å². The number of rotatable bonds is 41. The topological polar surface area (TPSA) is 94.1 Å². The third-order valence-electron chi connectivity index (χ3n) is 9.59. The van der Waals surface area contributed by atoms with E-state index in [1.54, 1.807) is 6.26 Å². The zero-order valence-corrected chi connectivity index (χ0v) is 36.4. The number of likely N-dealkylation sites (N-methyl/N-ethyl adjacent to an activating group) is 1. The van der Waals surface area contributed by atoms with Crippen LogP contribution in [0.25, 0.3) is 0 Å². The Morgan fingerprint density at radius 2 is 1.00 bits per heavy atom. The van der Waals surface area contributed by atoms with Crippen LogP contribution in [0, 0.1) is 0 Å². The van der Waals surface area contributed by atoms with Gasteiger partial charge in [-0.25, -0.2) is 0 Å². The molecule has 0 fully saturated rings. The number of nitrogens with zero attached hydrogens (tertiary/aromatic N) is 1. The van der Waals surface area contributed by atoms with E-state index in [2.05, 4.69) is 26.0 Å². The van der Waals surface area contributed by atoms with Crippen LogP contribution in [0.4, 0.5) is 0 Å². The van der Waals surface area contributed by atoms with E-state index in [1.165, 1.54) is 148 Å². The van der Waals surface area contributed by atoms with E-state index < -0.39 is 13.9 Å². The number of quaternary nitrogens is 1. The number of esters is 1. The van der Waals surface area contributed by atoms with E-state index in [0.717, 1.165) is 32.1 Å². The second-order valence-corrected chi connectivity index (χ2v) is 17.5. The van der Waals surface area contributed by atoms with Crippen LogP contribution in [-0.4, -0.2) is 64.1 Å². The Morgan fingerprint density at radius 3 is 1.45 bits per heavy atom. The average molecular weight is 772 g/mol. The summed E-state index contributed by atoms with van der Waals surface area (Å²) in [4.78, 5) is 24.8. The number of phosphoric ester groups is 1. The second-order valence-electron chi connectivity index (χ2n) is 16.1. The van der Waals surface area contributed by atoms with Gasteiger partial charge in [0.05, 0.1) is 34.0 Å². The molecular formula is C44H86NO7P. The van der Waals surface area contributed by atoms with Gasteiger partial charge in [0.15, 0.2) is 6.10 Å². The third-order valence-corrected chi connectivity index (χ3v) is 10.6. The molecule has 0 rings (SSSR count). The lowest BCUT2D eigenvalue weighted by atomic mass is 10.0. The molecule has 0 radical (unpaired) electrons. The zero-order chi connectivity index (χ0) is 39.1. The Kier molecular flexibility index (Phi) is 36.9. The number of allylic oxidation sites excluding steroid dienone is 3. The highest BCUT2D eigenvalue weighted by Crippen LogP contribution is 2.38. The fourth-order valence-corrected chi connectivity index (χ4v) is 6.78. The molecular weight excluding hydrogens is 685 g/mol. The maximum absolute atomic E-state index is 12.5. The predicted octanol–water partition coefficient (Wildman–Crippen LogP) is 12.5. The van der Waals surface area contributed by atoms with Gasteiger partial charge in [0, 0.05) is 6.42 Å². The van der Waals surface area contributed by atoms with Crippen LogP contribution < -0.4 is 4.89 Å². The molecule has 0 aliphatic heterocycles. The molecule has 0 saturated heterocycles. The van der Waals surface area contributed by atoms with Gasteiger partial charge >= 0.3 is 5.97 Å². The Labute approximate surface area is 328 Å². The number of carbonyl (C=O) groups excluding carboxylic acids is 1. The van der Waals surface area contributed by atoms with Gasteiger partial charge in [-0.15, -0.1) is 0 Å². The molecule has 2 unspecified atom stereocenters. The van der Waals surface area contributed by atoms with Crippen LogP contribution in [0.2, 0.25) is 0 Å². The molecule has 0 N–H and O–H groups in total. The molecule has 0 saturated carbocycles. The zero-order valence-electron chi connectivity index (χ0n) is 35.5. The van der Waals surface area contributed by atoms with E-state index >= 15 is 0 Å². The molecule has 8 nitrogen and oxygen atoms in total. The van der Waals surface area contributed by atoms with Gasteiger partial charge in [-0.2, -0.15) is 0 Å². The van der Waals surface area contributed by atoms with Crippen LogP contribution >= 0.6 is 7.82 Å². The highest BCUT2D eigenvalue weighted by Gasteiger charge is 2.19. The second kappa shape index (κ2) is 37.7. The first-order chi connectivity index (χ1) is 25.6. The summed E-state index contributed by atoms with van der Waals surface area (Å²) < 4.78 is 34.3. The van der Waals surface area contributed by atoms with Crippen molar-refractivity contribution in [2.24, 2.45) is 0 Å². The Bertz CT molecular complexity index is 905. The molecule has 0 aromatic rings. The van der Waals surface area contributed by atoms with Crippen molar-refractivity contribution in [1.29, 1.82) is 0 Å². The van der Waals surface area contributed by atoms with Gasteiger partial charge in [0.2, 0.25) is 0 Å². The lowest BCUT2D eigenvalue weighted by Gasteiger charge is -2.28. The minimum Gasteiger partial charge on any atom is -0.756 e. The van der Waals surface area contributed by atoms with E-state index in [9.17, 15) is 14.3 Å². The van der Waals surface area contributed by atoms with Gasteiger partial charge in [-0.1, -0.05) is 161 Å². The number of ether oxygens (including phenoxy) is 2. The van der Waals surface area contributed by atoms with Crippen molar-refractivity contribution in [3.63, 3.8) is 0 Å².